The van der Waals surface area contributed by atoms with E-state index in [0.29, 0.717) is 12.5 Å². The lowest BCUT2D eigenvalue weighted by Gasteiger charge is -2.04. The molecule has 0 aromatic carbocycles. The number of hydrogen-bond donors (Lipinski definition) is 0. The summed E-state index contributed by atoms with van der Waals surface area (Å²) in [6, 6.07) is 1.30. The fourth-order valence-corrected chi connectivity index (χ4v) is 1.10. The Balaban J connectivity index is 2.60. The van der Waals surface area contributed by atoms with Gasteiger partial charge in [0.05, 0.1) is 5.56 Å². The van der Waals surface area contributed by atoms with E-state index in [2.05, 4.69) is 10.1 Å². The molecule has 7 heteroatoms. The molecule has 2 heterocycles. The van der Waals surface area contributed by atoms with Crippen molar-refractivity contribution in [3.05, 3.63) is 29.7 Å². The molecule has 0 unspecified atom stereocenters. The molecule has 2 aromatic heterocycles. The lowest BCUT2D eigenvalue weighted by Crippen LogP contribution is -2.07. The highest BCUT2D eigenvalue weighted by Crippen LogP contribution is 2.28. The topological polar surface area (TPSA) is 47.3 Å². The number of carbonyl (C=O) groups is 1. The van der Waals surface area contributed by atoms with Crippen LogP contribution in [0, 0.1) is 0 Å². The Morgan fingerprint density at radius 2 is 2.13 bits per heavy atom. The van der Waals surface area contributed by atoms with Gasteiger partial charge in [-0.25, -0.2) is 9.50 Å². The minimum Gasteiger partial charge on any atom is -0.296 e. The van der Waals surface area contributed by atoms with Gasteiger partial charge in [0, 0.05) is 18.5 Å². The van der Waals surface area contributed by atoms with Crippen LogP contribution in [0.1, 0.15) is 16.1 Å². The van der Waals surface area contributed by atoms with Gasteiger partial charge in [-0.2, -0.15) is 18.3 Å². The fraction of sp³-hybridized carbons (Fsp3) is 0.125. The second-order valence-corrected chi connectivity index (χ2v) is 2.83. The lowest BCUT2D eigenvalue weighted by molar-refractivity contribution is -0.138. The Labute approximate surface area is 81.3 Å². The van der Waals surface area contributed by atoms with Crippen molar-refractivity contribution in [3.8, 4) is 0 Å². The Hall–Kier alpha value is -1.92. The molecule has 15 heavy (non-hydrogen) atoms. The third-order valence-electron chi connectivity index (χ3n) is 1.78. The summed E-state index contributed by atoms with van der Waals surface area (Å²) in [5.41, 5.74) is -0.664. The molecule has 0 N–H and O–H groups in total. The van der Waals surface area contributed by atoms with Crippen LogP contribution in [-0.2, 0) is 6.18 Å². The van der Waals surface area contributed by atoms with E-state index in [1.807, 2.05) is 0 Å². The van der Waals surface area contributed by atoms with Crippen molar-refractivity contribution in [2.75, 3.05) is 0 Å². The molecule has 0 saturated carbocycles. The molecule has 0 aliphatic heterocycles. The zero-order valence-corrected chi connectivity index (χ0v) is 7.19. The maximum atomic E-state index is 12.3. The fourth-order valence-electron chi connectivity index (χ4n) is 1.10. The van der Waals surface area contributed by atoms with E-state index in [1.165, 1.54) is 6.07 Å². The maximum Gasteiger partial charge on any atom is 0.419 e. The van der Waals surface area contributed by atoms with Crippen molar-refractivity contribution >= 4 is 11.9 Å². The molecule has 0 aliphatic rings. The first-order valence-corrected chi connectivity index (χ1v) is 3.88. The van der Waals surface area contributed by atoms with Crippen molar-refractivity contribution in [3.63, 3.8) is 0 Å². The number of nitrogens with zero attached hydrogens (tertiary/aromatic N) is 3. The van der Waals surface area contributed by atoms with E-state index in [9.17, 15) is 18.0 Å². The van der Waals surface area contributed by atoms with Crippen LogP contribution in [-0.4, -0.2) is 20.9 Å². The van der Waals surface area contributed by atoms with Gasteiger partial charge in [0.1, 0.15) is 5.69 Å². The number of rotatable bonds is 1. The Morgan fingerprint density at radius 3 is 2.73 bits per heavy atom. The normalized spacial score (nSPS) is 11.9. The van der Waals surface area contributed by atoms with Crippen LogP contribution in [0.25, 0.3) is 5.65 Å². The molecule has 0 bridgehead atoms. The van der Waals surface area contributed by atoms with E-state index >= 15 is 0 Å². The van der Waals surface area contributed by atoms with Crippen molar-refractivity contribution in [2.24, 2.45) is 0 Å². The zero-order chi connectivity index (χ0) is 11.1. The summed E-state index contributed by atoms with van der Waals surface area (Å²) in [7, 11) is 0. The second kappa shape index (κ2) is 3.04. The molecule has 0 amide bonds. The Bertz CT molecular complexity index is 517. The van der Waals surface area contributed by atoms with Crippen molar-refractivity contribution in [2.45, 2.75) is 6.18 Å². The molecule has 0 aliphatic carbocycles. The van der Waals surface area contributed by atoms with Crippen molar-refractivity contribution in [1.82, 2.24) is 14.6 Å². The van der Waals surface area contributed by atoms with E-state index in [0.717, 1.165) is 10.7 Å². The van der Waals surface area contributed by atoms with Crippen molar-refractivity contribution in [1.29, 1.82) is 0 Å². The molecular weight excluding hydrogens is 211 g/mol. The summed E-state index contributed by atoms with van der Waals surface area (Å²) in [4.78, 5) is 13.9. The lowest BCUT2D eigenvalue weighted by atomic mass is 10.3. The van der Waals surface area contributed by atoms with Gasteiger partial charge < -0.3 is 0 Å². The predicted molar refractivity (Wildman–Crippen MR) is 43.4 cm³/mol. The van der Waals surface area contributed by atoms with E-state index < -0.39 is 11.7 Å². The molecule has 2 rings (SSSR count). The van der Waals surface area contributed by atoms with E-state index in [4.69, 9.17) is 0 Å². The molecule has 0 spiro atoms. The van der Waals surface area contributed by atoms with Gasteiger partial charge in [0.15, 0.2) is 11.9 Å². The van der Waals surface area contributed by atoms with E-state index in [1.54, 1.807) is 0 Å². The molecule has 0 saturated heterocycles. The van der Waals surface area contributed by atoms with Gasteiger partial charge in [0.2, 0.25) is 0 Å². The average molecular weight is 215 g/mol. The van der Waals surface area contributed by atoms with Crippen LogP contribution in [0.15, 0.2) is 18.5 Å². The standard InChI is InChI=1S/C8H4F3N3O/c9-8(10,11)5-2-12-7-1-6(4-15)13-14(7)3-5/h1-4H. The van der Waals surface area contributed by atoms with Crippen LogP contribution < -0.4 is 0 Å². The monoisotopic (exact) mass is 215 g/mol. The first kappa shape index (κ1) is 9.63. The Morgan fingerprint density at radius 1 is 1.40 bits per heavy atom. The molecule has 4 nitrogen and oxygen atoms in total. The molecular formula is C8H4F3N3O. The Kier molecular flexibility index (Phi) is 1.95. The zero-order valence-electron chi connectivity index (χ0n) is 7.19. The number of alkyl halides is 3. The van der Waals surface area contributed by atoms with Gasteiger partial charge >= 0.3 is 6.18 Å². The second-order valence-electron chi connectivity index (χ2n) is 2.83. The maximum absolute atomic E-state index is 12.3. The predicted octanol–water partition coefficient (Wildman–Crippen LogP) is 1.56. The van der Waals surface area contributed by atoms with E-state index in [-0.39, 0.29) is 11.3 Å². The SMILES string of the molecule is O=Cc1cc2ncc(C(F)(F)F)cn2n1. The highest BCUT2D eigenvalue weighted by atomic mass is 19.4. The number of hydrogen-bond acceptors (Lipinski definition) is 3. The largest absolute Gasteiger partial charge is 0.419 e. The molecule has 0 atom stereocenters. The van der Waals surface area contributed by atoms with Crippen LogP contribution in [0.3, 0.4) is 0 Å². The minimum absolute atomic E-state index is 0.0434. The first-order valence-electron chi connectivity index (χ1n) is 3.88. The van der Waals surface area contributed by atoms with Gasteiger partial charge in [0.25, 0.3) is 0 Å². The number of halogens is 3. The number of aldehydes is 1. The number of aromatic nitrogens is 3. The quantitative estimate of drug-likeness (QED) is 0.678. The van der Waals surface area contributed by atoms with Crippen LogP contribution in [0.5, 0.6) is 0 Å². The molecule has 0 radical (unpaired) electrons. The smallest absolute Gasteiger partial charge is 0.296 e. The third-order valence-corrected chi connectivity index (χ3v) is 1.78. The third kappa shape index (κ3) is 1.67. The van der Waals surface area contributed by atoms with Crippen molar-refractivity contribution < 1.29 is 18.0 Å². The van der Waals surface area contributed by atoms with Crippen LogP contribution >= 0.6 is 0 Å². The summed E-state index contributed by atoms with van der Waals surface area (Å²) in [6.45, 7) is 0. The van der Waals surface area contributed by atoms with Gasteiger partial charge in [-0.1, -0.05) is 0 Å². The van der Waals surface area contributed by atoms with Gasteiger partial charge in [-0.3, -0.25) is 4.79 Å². The van der Waals surface area contributed by atoms with Crippen LogP contribution in [0.2, 0.25) is 0 Å². The summed E-state index contributed by atoms with van der Waals surface area (Å²) in [6.07, 6.45) is -2.53. The minimum atomic E-state index is -4.46. The summed E-state index contributed by atoms with van der Waals surface area (Å²) >= 11 is 0. The highest BCUT2D eigenvalue weighted by Gasteiger charge is 2.31. The average Bonchev–Trinajstić information content (AvgIpc) is 2.57. The van der Waals surface area contributed by atoms with Gasteiger partial charge in [-0.05, 0) is 0 Å². The van der Waals surface area contributed by atoms with Gasteiger partial charge in [-0.15, -0.1) is 0 Å². The number of fused-ring (bicyclic) bond motifs is 1. The summed E-state index contributed by atoms with van der Waals surface area (Å²) < 4.78 is 37.7. The molecule has 0 fully saturated rings. The highest BCUT2D eigenvalue weighted by molar-refractivity contribution is 5.73. The first-order chi connectivity index (χ1) is 7.00. The van der Waals surface area contributed by atoms with Crippen LogP contribution in [0.4, 0.5) is 13.2 Å². The molecule has 78 valence electrons. The summed E-state index contributed by atoms with van der Waals surface area (Å²) in [5.74, 6) is 0. The molecule has 2 aromatic rings. The number of carbonyl (C=O) groups excluding carboxylic acids is 1. The summed E-state index contributed by atoms with van der Waals surface area (Å²) in [5, 5.41) is 3.59.